The fraction of sp³-hybridized carbons (Fsp3) is 0.414. The molecule has 1 nitrogen and oxygen atoms in total. The molecule has 0 saturated carbocycles. The van der Waals surface area contributed by atoms with Crippen molar-refractivity contribution in [2.45, 2.75) is 77.7 Å². The van der Waals surface area contributed by atoms with Crippen LogP contribution in [0.15, 0.2) is 66.9 Å². The monoisotopic (exact) mass is 398 g/mol. The van der Waals surface area contributed by atoms with Crippen LogP contribution >= 0.6 is 0 Å². The highest BCUT2D eigenvalue weighted by Gasteiger charge is 2.49. The second-order valence-corrected chi connectivity index (χ2v) is 9.02. The van der Waals surface area contributed by atoms with E-state index >= 15 is 0 Å². The third-order valence-corrected chi connectivity index (χ3v) is 7.28. The summed E-state index contributed by atoms with van der Waals surface area (Å²) >= 11 is 0. The van der Waals surface area contributed by atoms with Crippen molar-refractivity contribution in [3.63, 3.8) is 0 Å². The van der Waals surface area contributed by atoms with Gasteiger partial charge in [-0.3, -0.25) is 0 Å². The maximum atomic E-state index is 2.61. The van der Waals surface area contributed by atoms with Gasteiger partial charge in [0.2, 0.25) is 5.69 Å². The van der Waals surface area contributed by atoms with Gasteiger partial charge in [-0.2, -0.15) is 4.57 Å². The summed E-state index contributed by atoms with van der Waals surface area (Å²) in [6, 6.07) is 23.2. The van der Waals surface area contributed by atoms with Gasteiger partial charge in [-0.15, -0.1) is 0 Å². The number of nitrogens with zero attached hydrogens (tertiary/aromatic N) is 1. The number of benzene rings is 2. The minimum Gasteiger partial charge on any atom is -0.194 e. The number of aromatic nitrogens is 1. The van der Waals surface area contributed by atoms with Crippen LogP contribution in [0.25, 0.3) is 22.4 Å². The number of unbranched alkanes of at least 4 members (excludes halogenated alkanes) is 2. The van der Waals surface area contributed by atoms with Crippen LogP contribution in [0.5, 0.6) is 0 Å². The molecule has 2 heterocycles. The molecule has 1 heteroatoms. The van der Waals surface area contributed by atoms with Crippen LogP contribution in [0.4, 0.5) is 0 Å². The molecule has 3 aromatic rings. The molecular formula is C29H36N+. The SMILES string of the molecule is CCCCCC1(CC)c2ccc(-c3ccccc3)cc2-c2ccc(C)c[n+]2C1CC. The molecule has 0 fully saturated rings. The van der Waals surface area contributed by atoms with Crippen molar-refractivity contribution in [1.29, 1.82) is 0 Å². The molecule has 156 valence electrons. The number of aryl methyl sites for hydroxylation is 1. The molecule has 0 N–H and O–H groups in total. The van der Waals surface area contributed by atoms with Crippen molar-refractivity contribution in [2.75, 3.05) is 0 Å². The number of hydrogen-bond donors (Lipinski definition) is 0. The average molecular weight is 399 g/mol. The first-order valence-corrected chi connectivity index (χ1v) is 11.9. The zero-order valence-electron chi connectivity index (χ0n) is 19.1. The fourth-order valence-electron chi connectivity index (χ4n) is 5.74. The lowest BCUT2D eigenvalue weighted by molar-refractivity contribution is -0.725. The van der Waals surface area contributed by atoms with E-state index in [0.717, 1.165) is 0 Å². The van der Waals surface area contributed by atoms with Crippen LogP contribution in [0, 0.1) is 6.92 Å². The Morgan fingerprint density at radius 3 is 2.37 bits per heavy atom. The van der Waals surface area contributed by atoms with E-state index in [1.165, 1.54) is 66.5 Å². The summed E-state index contributed by atoms with van der Waals surface area (Å²) < 4.78 is 2.61. The molecule has 1 aromatic heterocycles. The summed E-state index contributed by atoms with van der Waals surface area (Å²) in [5, 5.41) is 0. The zero-order valence-corrected chi connectivity index (χ0v) is 19.1. The minimum absolute atomic E-state index is 0.208. The Morgan fingerprint density at radius 1 is 0.867 bits per heavy atom. The van der Waals surface area contributed by atoms with E-state index in [1.54, 1.807) is 5.56 Å². The van der Waals surface area contributed by atoms with Gasteiger partial charge in [-0.05, 0) is 48.6 Å². The van der Waals surface area contributed by atoms with E-state index in [1.807, 2.05) is 0 Å². The maximum Gasteiger partial charge on any atom is 0.213 e. The lowest BCUT2D eigenvalue weighted by Crippen LogP contribution is -2.55. The van der Waals surface area contributed by atoms with Crippen molar-refractivity contribution in [3.05, 3.63) is 78.0 Å². The minimum atomic E-state index is 0.208. The summed E-state index contributed by atoms with van der Waals surface area (Å²) in [5.74, 6) is 0. The Labute approximate surface area is 182 Å². The Hall–Kier alpha value is -2.41. The largest absolute Gasteiger partial charge is 0.213 e. The summed E-state index contributed by atoms with van der Waals surface area (Å²) in [4.78, 5) is 0. The molecule has 1 aliphatic heterocycles. The van der Waals surface area contributed by atoms with Gasteiger partial charge >= 0.3 is 0 Å². The van der Waals surface area contributed by atoms with Crippen molar-refractivity contribution >= 4 is 0 Å². The molecule has 2 aromatic carbocycles. The molecule has 0 amide bonds. The number of pyridine rings is 1. The van der Waals surface area contributed by atoms with E-state index in [4.69, 9.17) is 0 Å². The number of rotatable bonds is 7. The van der Waals surface area contributed by atoms with Crippen LogP contribution in [-0.2, 0) is 5.41 Å². The molecule has 0 spiro atoms. The highest BCUT2D eigenvalue weighted by atomic mass is 15.0. The van der Waals surface area contributed by atoms with Gasteiger partial charge in [0.1, 0.15) is 0 Å². The van der Waals surface area contributed by atoms with Gasteiger partial charge in [0.25, 0.3) is 0 Å². The first kappa shape index (κ1) is 20.8. The normalized spacial score (nSPS) is 19.9. The van der Waals surface area contributed by atoms with E-state index in [2.05, 4.69) is 99.1 Å². The van der Waals surface area contributed by atoms with E-state index in [0.29, 0.717) is 6.04 Å². The zero-order chi connectivity index (χ0) is 21.1. The Kier molecular flexibility index (Phi) is 6.09. The summed E-state index contributed by atoms with van der Waals surface area (Å²) in [7, 11) is 0. The Balaban J connectivity index is 1.94. The standard InChI is InChI=1S/C29H36N/c1-5-8-12-19-29(7-3)26-17-16-24(23-13-10-9-11-14-23)20-25(26)27-18-15-22(4)21-30(27)28(29)6-2/h9-11,13-18,20-21,28H,5-8,12,19H2,1-4H3/q+1. The van der Waals surface area contributed by atoms with Gasteiger partial charge in [-0.1, -0.05) is 82.5 Å². The van der Waals surface area contributed by atoms with Crippen LogP contribution in [-0.4, -0.2) is 0 Å². The van der Waals surface area contributed by atoms with Gasteiger partial charge in [-0.25, -0.2) is 0 Å². The van der Waals surface area contributed by atoms with Gasteiger partial charge in [0, 0.05) is 18.1 Å². The number of fused-ring (bicyclic) bond motifs is 3. The Bertz CT molecular complexity index is 1000. The molecule has 1 aliphatic rings. The van der Waals surface area contributed by atoms with Gasteiger partial charge < -0.3 is 0 Å². The predicted molar refractivity (Wildman–Crippen MR) is 128 cm³/mol. The first-order valence-electron chi connectivity index (χ1n) is 11.9. The quantitative estimate of drug-likeness (QED) is 0.282. The van der Waals surface area contributed by atoms with E-state index in [9.17, 15) is 0 Å². The summed E-state index contributed by atoms with van der Waals surface area (Å²) in [6.07, 6.45) is 9.93. The lowest BCUT2D eigenvalue weighted by atomic mass is 9.64. The average Bonchev–Trinajstić information content (AvgIpc) is 2.79. The van der Waals surface area contributed by atoms with Crippen LogP contribution in [0.2, 0.25) is 0 Å². The van der Waals surface area contributed by atoms with Crippen molar-refractivity contribution < 1.29 is 4.57 Å². The second-order valence-electron chi connectivity index (χ2n) is 9.02. The van der Waals surface area contributed by atoms with Gasteiger partial charge in [0.15, 0.2) is 12.2 Å². The molecule has 4 rings (SSSR count). The van der Waals surface area contributed by atoms with Crippen LogP contribution in [0.3, 0.4) is 0 Å². The molecule has 0 bridgehead atoms. The topological polar surface area (TPSA) is 3.88 Å². The van der Waals surface area contributed by atoms with Crippen molar-refractivity contribution in [2.24, 2.45) is 0 Å². The van der Waals surface area contributed by atoms with Crippen molar-refractivity contribution in [3.8, 4) is 22.4 Å². The van der Waals surface area contributed by atoms with E-state index in [-0.39, 0.29) is 5.41 Å². The van der Waals surface area contributed by atoms with Gasteiger partial charge in [0.05, 0.1) is 11.0 Å². The molecular weight excluding hydrogens is 362 g/mol. The maximum absolute atomic E-state index is 2.61. The highest BCUT2D eigenvalue weighted by molar-refractivity contribution is 5.74. The van der Waals surface area contributed by atoms with Crippen LogP contribution < -0.4 is 4.57 Å². The molecule has 2 atom stereocenters. The second kappa shape index (κ2) is 8.76. The number of hydrogen-bond acceptors (Lipinski definition) is 0. The molecule has 30 heavy (non-hydrogen) atoms. The lowest BCUT2D eigenvalue weighted by Gasteiger charge is -2.42. The summed E-state index contributed by atoms with van der Waals surface area (Å²) in [5.41, 5.74) is 8.54. The molecule has 2 unspecified atom stereocenters. The first-order chi connectivity index (χ1) is 14.6. The van der Waals surface area contributed by atoms with E-state index < -0.39 is 0 Å². The predicted octanol–water partition coefficient (Wildman–Crippen LogP) is 7.81. The smallest absolute Gasteiger partial charge is 0.194 e. The molecule has 0 saturated heterocycles. The molecule has 0 aliphatic carbocycles. The molecule has 0 radical (unpaired) electrons. The highest BCUT2D eigenvalue weighted by Crippen LogP contribution is 2.50. The van der Waals surface area contributed by atoms with Crippen molar-refractivity contribution in [1.82, 2.24) is 0 Å². The third kappa shape index (κ3) is 3.49. The summed E-state index contributed by atoms with van der Waals surface area (Å²) in [6.45, 7) is 9.31. The third-order valence-electron chi connectivity index (χ3n) is 7.28. The fourth-order valence-corrected chi connectivity index (χ4v) is 5.74. The van der Waals surface area contributed by atoms with Crippen LogP contribution in [0.1, 0.15) is 76.5 Å². The Morgan fingerprint density at radius 2 is 1.67 bits per heavy atom.